The molecule has 0 unspecified atom stereocenters. The first-order valence-electron chi connectivity index (χ1n) is 8.39. The molecule has 0 amide bonds. The summed E-state index contributed by atoms with van der Waals surface area (Å²) in [7, 11) is -2.59. The van der Waals surface area contributed by atoms with E-state index in [9.17, 15) is 8.42 Å². The number of nitrogens with one attached hydrogen (secondary N) is 2. The van der Waals surface area contributed by atoms with E-state index >= 15 is 0 Å². The fourth-order valence-electron chi connectivity index (χ4n) is 2.79. The van der Waals surface area contributed by atoms with Crippen molar-refractivity contribution in [2.24, 2.45) is 0 Å². The van der Waals surface area contributed by atoms with E-state index in [1.165, 1.54) is 31.7 Å². The maximum Gasteiger partial charge on any atom is 0.265 e. The highest BCUT2D eigenvalue weighted by atomic mass is 35.5. The molecule has 1 aromatic carbocycles. The lowest BCUT2D eigenvalue weighted by molar-refractivity contribution is -0.598. The molecule has 2 aromatic rings. The van der Waals surface area contributed by atoms with Gasteiger partial charge in [0.05, 0.1) is 24.6 Å². The molecule has 3 rings (SSSR count). The molecule has 0 spiro atoms. The Bertz CT molecular complexity index is 1040. The lowest BCUT2D eigenvalue weighted by Crippen LogP contribution is -2.87. The number of allylic oxidation sites excluding steroid dienone is 1. The van der Waals surface area contributed by atoms with Crippen molar-refractivity contribution in [3.8, 4) is 11.6 Å². The minimum Gasteiger partial charge on any atom is -0.495 e. The van der Waals surface area contributed by atoms with E-state index in [1.807, 2.05) is 12.2 Å². The second-order valence-corrected chi connectivity index (χ2v) is 8.31. The van der Waals surface area contributed by atoms with Crippen molar-refractivity contribution in [1.82, 2.24) is 4.98 Å². The van der Waals surface area contributed by atoms with Crippen LogP contribution >= 0.6 is 11.6 Å². The number of benzene rings is 1. The van der Waals surface area contributed by atoms with Gasteiger partial charge in [-0.15, -0.1) is 0 Å². The van der Waals surface area contributed by atoms with E-state index in [0.717, 1.165) is 5.70 Å². The number of hydrogen-bond acceptors (Lipinski definition) is 6. The molecule has 0 radical (unpaired) electrons. The monoisotopic (exact) mass is 423 g/mol. The van der Waals surface area contributed by atoms with Crippen molar-refractivity contribution in [3.05, 3.63) is 47.1 Å². The first-order valence-corrected chi connectivity index (χ1v) is 10.3. The zero-order valence-corrected chi connectivity index (χ0v) is 16.8. The Kier molecular flexibility index (Phi) is 5.87. The number of nitrogens with zero attached hydrogens (tertiary/aromatic N) is 1. The van der Waals surface area contributed by atoms with Crippen LogP contribution in [0, 0.1) is 5.41 Å². The second kappa shape index (κ2) is 8.17. The highest BCUT2D eigenvalue weighted by Gasteiger charge is 2.25. The second-order valence-electron chi connectivity index (χ2n) is 6.22. The van der Waals surface area contributed by atoms with Crippen LogP contribution in [0.5, 0.6) is 11.6 Å². The van der Waals surface area contributed by atoms with E-state index in [1.54, 1.807) is 18.2 Å². The Morgan fingerprint density at radius 1 is 1.43 bits per heavy atom. The first kappa shape index (κ1) is 20.1. The van der Waals surface area contributed by atoms with Gasteiger partial charge in [-0.2, -0.15) is 0 Å². The Labute approximate surface area is 168 Å². The zero-order chi connectivity index (χ0) is 20.3. The zero-order valence-electron chi connectivity index (χ0n) is 15.3. The van der Waals surface area contributed by atoms with Gasteiger partial charge in [0.2, 0.25) is 5.88 Å². The fraction of sp³-hybridized carbons (Fsp3) is 0.222. The third-order valence-corrected chi connectivity index (χ3v) is 5.68. The quantitative estimate of drug-likeness (QED) is 0.634. The number of anilines is 1. The van der Waals surface area contributed by atoms with E-state index in [4.69, 9.17) is 26.5 Å². The number of rotatable bonds is 5. The lowest BCUT2D eigenvalue weighted by atomic mass is 10.1. The number of hydrogen-bond donors (Lipinski definition) is 3. The molecule has 0 aliphatic carbocycles. The summed E-state index contributed by atoms with van der Waals surface area (Å²) in [5, 5.41) is 9.60. The first-order chi connectivity index (χ1) is 13.3. The third kappa shape index (κ3) is 4.27. The molecule has 1 aliphatic heterocycles. The molecule has 0 saturated carbocycles. The molecule has 1 atom stereocenters. The van der Waals surface area contributed by atoms with Gasteiger partial charge >= 0.3 is 0 Å². The predicted molar refractivity (Wildman–Crippen MR) is 107 cm³/mol. The van der Waals surface area contributed by atoms with Crippen LogP contribution in [0.2, 0.25) is 5.02 Å². The topological polar surface area (TPSA) is 118 Å². The number of pyridine rings is 1. The molecule has 10 heteroatoms. The van der Waals surface area contributed by atoms with Crippen molar-refractivity contribution >= 4 is 39.2 Å². The van der Waals surface area contributed by atoms with Gasteiger partial charge in [-0.1, -0.05) is 11.6 Å². The molecular formula is C18H20ClN4O4S+. The van der Waals surface area contributed by atoms with Crippen molar-refractivity contribution < 1.29 is 23.2 Å². The molecule has 28 heavy (non-hydrogen) atoms. The Hall–Kier alpha value is -2.62. The number of halogens is 1. The van der Waals surface area contributed by atoms with Gasteiger partial charge < -0.3 is 20.2 Å². The van der Waals surface area contributed by atoms with Crippen molar-refractivity contribution in [2.45, 2.75) is 17.9 Å². The highest BCUT2D eigenvalue weighted by Crippen LogP contribution is 2.30. The molecule has 0 saturated heterocycles. The van der Waals surface area contributed by atoms with Crippen molar-refractivity contribution in [2.75, 3.05) is 18.4 Å². The minimum absolute atomic E-state index is 0.0795. The van der Waals surface area contributed by atoms with Gasteiger partial charge in [0, 0.05) is 17.3 Å². The van der Waals surface area contributed by atoms with Gasteiger partial charge in [-0.3, -0.25) is 4.72 Å². The molecule has 148 valence electrons. The van der Waals surface area contributed by atoms with Crippen molar-refractivity contribution in [1.29, 1.82) is 5.41 Å². The average molecular weight is 424 g/mol. The Balaban J connectivity index is 2.00. The number of aromatic nitrogens is 1. The maximum absolute atomic E-state index is 12.9. The lowest BCUT2D eigenvalue weighted by Gasteiger charge is -2.13. The number of fused-ring (bicyclic) bond motifs is 1. The summed E-state index contributed by atoms with van der Waals surface area (Å²) in [6.07, 6.45) is 4.16. The molecule has 1 aromatic heterocycles. The summed E-state index contributed by atoms with van der Waals surface area (Å²) in [6, 6.07) is 6.10. The van der Waals surface area contributed by atoms with E-state index < -0.39 is 10.0 Å². The van der Waals surface area contributed by atoms with Crippen molar-refractivity contribution in [3.63, 3.8) is 0 Å². The van der Waals surface area contributed by atoms with Crippen LogP contribution in [0.3, 0.4) is 0 Å². The standard InChI is InChI=1S/C18H19ClN4O4S/c1-11-10-27-18-14(15(22-11)5-6-20)8-13(9-21-18)23-28(24,25)17-7-12(19)3-4-16(17)26-2/h3-9,11,20,22-23H,10H2,1-2H3/p+1/b15-5-,20-6?/t11-/m0/s1. The van der Waals surface area contributed by atoms with Crippen LogP contribution in [-0.4, -0.2) is 39.4 Å². The predicted octanol–water partition coefficient (Wildman–Crippen LogP) is 1.88. The summed E-state index contributed by atoms with van der Waals surface area (Å²) < 4.78 is 39.0. The minimum atomic E-state index is -3.97. The summed E-state index contributed by atoms with van der Waals surface area (Å²) in [4.78, 5) is 4.16. The average Bonchev–Trinajstić information content (AvgIpc) is 2.81. The number of nitrogens with two attached hydrogens (primary N) is 1. The molecule has 2 heterocycles. The Morgan fingerprint density at radius 3 is 2.93 bits per heavy atom. The largest absolute Gasteiger partial charge is 0.495 e. The van der Waals surface area contributed by atoms with Crippen LogP contribution in [0.4, 0.5) is 5.69 Å². The fourth-order valence-corrected chi connectivity index (χ4v) is 4.26. The molecule has 0 fully saturated rings. The van der Waals surface area contributed by atoms with Crippen LogP contribution in [-0.2, 0) is 10.0 Å². The van der Waals surface area contributed by atoms with Crippen LogP contribution in [0.1, 0.15) is 12.5 Å². The highest BCUT2D eigenvalue weighted by molar-refractivity contribution is 7.92. The number of sulfonamides is 1. The van der Waals surface area contributed by atoms with E-state index in [-0.39, 0.29) is 27.4 Å². The third-order valence-electron chi connectivity index (χ3n) is 4.04. The molecule has 0 bridgehead atoms. The summed E-state index contributed by atoms with van der Waals surface area (Å²) >= 11 is 5.95. The van der Waals surface area contributed by atoms with Gasteiger partial charge in [0.25, 0.3) is 10.0 Å². The number of ether oxygens (including phenoxy) is 2. The number of quaternary nitrogens is 1. The summed E-state index contributed by atoms with van der Waals surface area (Å²) in [5.74, 6) is 0.562. The Morgan fingerprint density at radius 2 is 2.21 bits per heavy atom. The maximum atomic E-state index is 12.9. The van der Waals surface area contributed by atoms with Gasteiger partial charge in [-0.25, -0.2) is 13.4 Å². The van der Waals surface area contributed by atoms with Gasteiger partial charge in [0.15, 0.2) is 0 Å². The molecule has 4 N–H and O–H groups in total. The van der Waals surface area contributed by atoms with Gasteiger partial charge in [-0.05, 0) is 31.2 Å². The van der Waals surface area contributed by atoms with Gasteiger partial charge in [0.1, 0.15) is 29.0 Å². The van der Waals surface area contributed by atoms with Crippen LogP contribution in [0.15, 0.2) is 41.4 Å². The molecular weight excluding hydrogens is 404 g/mol. The molecule has 8 nitrogen and oxygen atoms in total. The van der Waals surface area contributed by atoms with E-state index in [0.29, 0.717) is 18.1 Å². The SMILES string of the molecule is COc1ccc(Cl)cc1S(=O)(=O)Nc1cnc2c(c1)/C(=C/C=N)[NH2+][C@@H](C)CO2. The summed E-state index contributed by atoms with van der Waals surface area (Å²) in [6.45, 7) is 2.43. The van der Waals surface area contributed by atoms with Crippen LogP contribution < -0.4 is 19.5 Å². The van der Waals surface area contributed by atoms with E-state index in [2.05, 4.69) is 9.71 Å². The number of methoxy groups -OCH3 is 1. The smallest absolute Gasteiger partial charge is 0.265 e. The normalized spacial score (nSPS) is 18.0. The summed E-state index contributed by atoms with van der Waals surface area (Å²) in [5.41, 5.74) is 1.60. The van der Waals surface area contributed by atoms with Crippen LogP contribution in [0.25, 0.3) is 5.70 Å². The molecule has 1 aliphatic rings.